The lowest BCUT2D eigenvalue weighted by atomic mass is 9.93. The van der Waals surface area contributed by atoms with Crippen LogP contribution in [0.4, 0.5) is 0 Å². The van der Waals surface area contributed by atoms with Crippen molar-refractivity contribution in [2.75, 3.05) is 0 Å². The SMILES string of the molecule is CC(C)=C1C(=O)OC2(CCCCC2)OC1=O. The number of rotatable bonds is 0. The Bertz CT molecular complexity index is 335. The van der Waals surface area contributed by atoms with Gasteiger partial charge in [-0.25, -0.2) is 9.59 Å². The first-order chi connectivity index (χ1) is 7.54. The molecule has 0 amide bonds. The van der Waals surface area contributed by atoms with Crippen LogP contribution in [0.1, 0.15) is 46.0 Å². The summed E-state index contributed by atoms with van der Waals surface area (Å²) < 4.78 is 10.6. The van der Waals surface area contributed by atoms with Gasteiger partial charge in [0, 0.05) is 12.8 Å². The molecule has 1 saturated heterocycles. The topological polar surface area (TPSA) is 52.6 Å². The van der Waals surface area contributed by atoms with Gasteiger partial charge in [0.15, 0.2) is 0 Å². The van der Waals surface area contributed by atoms with Crippen LogP contribution < -0.4 is 0 Å². The lowest BCUT2D eigenvalue weighted by Crippen LogP contribution is -2.47. The summed E-state index contributed by atoms with van der Waals surface area (Å²) >= 11 is 0. The Morgan fingerprint density at radius 2 is 1.50 bits per heavy atom. The van der Waals surface area contributed by atoms with Crippen molar-refractivity contribution < 1.29 is 19.1 Å². The second kappa shape index (κ2) is 3.92. The number of allylic oxidation sites excluding steroid dienone is 1. The summed E-state index contributed by atoms with van der Waals surface area (Å²) in [5.41, 5.74) is 0.692. The predicted molar refractivity (Wildman–Crippen MR) is 56.4 cm³/mol. The van der Waals surface area contributed by atoms with E-state index in [1.807, 2.05) is 0 Å². The van der Waals surface area contributed by atoms with E-state index in [4.69, 9.17) is 9.47 Å². The van der Waals surface area contributed by atoms with Gasteiger partial charge in [0.05, 0.1) is 0 Å². The van der Waals surface area contributed by atoms with E-state index in [0.29, 0.717) is 18.4 Å². The second-order valence-electron chi connectivity index (χ2n) is 4.63. The molecule has 88 valence electrons. The van der Waals surface area contributed by atoms with Crippen LogP contribution in [0.3, 0.4) is 0 Å². The van der Waals surface area contributed by atoms with Crippen LogP contribution in [-0.2, 0) is 19.1 Å². The molecule has 0 radical (unpaired) electrons. The number of carbonyl (C=O) groups excluding carboxylic acids is 2. The van der Waals surface area contributed by atoms with E-state index in [1.165, 1.54) is 0 Å². The van der Waals surface area contributed by atoms with Gasteiger partial charge >= 0.3 is 11.9 Å². The highest BCUT2D eigenvalue weighted by Crippen LogP contribution is 2.37. The molecule has 0 aromatic carbocycles. The Labute approximate surface area is 94.6 Å². The highest BCUT2D eigenvalue weighted by atomic mass is 16.7. The van der Waals surface area contributed by atoms with E-state index in [1.54, 1.807) is 13.8 Å². The zero-order valence-corrected chi connectivity index (χ0v) is 9.67. The van der Waals surface area contributed by atoms with Crippen LogP contribution in [0.5, 0.6) is 0 Å². The standard InChI is InChI=1S/C12H16O4/c1-8(2)9-10(13)15-12(16-11(9)14)6-4-3-5-7-12/h3-7H2,1-2H3. The molecular weight excluding hydrogens is 208 g/mol. The Balaban J connectivity index is 2.24. The highest BCUT2D eigenvalue weighted by Gasteiger charge is 2.46. The molecule has 0 aromatic heterocycles. The molecule has 2 rings (SSSR count). The fourth-order valence-corrected chi connectivity index (χ4v) is 2.25. The summed E-state index contributed by atoms with van der Waals surface area (Å²) in [7, 11) is 0. The largest absolute Gasteiger partial charge is 0.419 e. The number of hydrogen-bond donors (Lipinski definition) is 0. The van der Waals surface area contributed by atoms with Crippen LogP contribution >= 0.6 is 0 Å². The van der Waals surface area contributed by atoms with Crippen LogP contribution in [0.25, 0.3) is 0 Å². The molecule has 0 aromatic rings. The summed E-state index contributed by atoms with van der Waals surface area (Å²) in [6.45, 7) is 3.41. The molecule has 0 atom stereocenters. The predicted octanol–water partition coefficient (Wildman–Crippen LogP) is 2.08. The monoisotopic (exact) mass is 224 g/mol. The number of esters is 2. The minimum atomic E-state index is -0.967. The quantitative estimate of drug-likeness (QED) is 0.359. The van der Waals surface area contributed by atoms with E-state index in [0.717, 1.165) is 19.3 Å². The summed E-state index contributed by atoms with van der Waals surface area (Å²) in [5, 5.41) is 0. The van der Waals surface area contributed by atoms with Crippen molar-refractivity contribution >= 4 is 11.9 Å². The normalized spacial score (nSPS) is 24.0. The van der Waals surface area contributed by atoms with Gasteiger partial charge in [-0.15, -0.1) is 0 Å². The van der Waals surface area contributed by atoms with Crippen LogP contribution in [0, 0.1) is 0 Å². The van der Waals surface area contributed by atoms with Crippen molar-refractivity contribution in [3.63, 3.8) is 0 Å². The molecule has 1 spiro atoms. The Morgan fingerprint density at radius 3 is 1.94 bits per heavy atom. The average molecular weight is 224 g/mol. The van der Waals surface area contributed by atoms with E-state index in [2.05, 4.69) is 0 Å². The Morgan fingerprint density at radius 1 is 1.00 bits per heavy atom. The van der Waals surface area contributed by atoms with Crippen LogP contribution in [-0.4, -0.2) is 17.7 Å². The molecule has 2 fully saturated rings. The highest BCUT2D eigenvalue weighted by molar-refractivity contribution is 6.15. The van der Waals surface area contributed by atoms with Crippen molar-refractivity contribution in [1.29, 1.82) is 0 Å². The number of hydrogen-bond acceptors (Lipinski definition) is 4. The molecule has 0 N–H and O–H groups in total. The Hall–Kier alpha value is -1.32. The fraction of sp³-hybridized carbons (Fsp3) is 0.667. The Kier molecular flexibility index (Phi) is 2.74. The molecule has 1 aliphatic heterocycles. The summed E-state index contributed by atoms with van der Waals surface area (Å²) in [6, 6.07) is 0. The first kappa shape index (κ1) is 11.2. The van der Waals surface area contributed by atoms with Crippen molar-refractivity contribution in [3.05, 3.63) is 11.1 Å². The lowest BCUT2D eigenvalue weighted by Gasteiger charge is -2.39. The van der Waals surface area contributed by atoms with Gasteiger partial charge in [-0.2, -0.15) is 0 Å². The van der Waals surface area contributed by atoms with Gasteiger partial charge < -0.3 is 9.47 Å². The van der Waals surface area contributed by atoms with Gasteiger partial charge in [0.25, 0.3) is 5.79 Å². The van der Waals surface area contributed by atoms with Crippen molar-refractivity contribution in [2.45, 2.75) is 51.7 Å². The molecule has 1 heterocycles. The average Bonchev–Trinajstić information content (AvgIpc) is 2.16. The molecule has 4 heteroatoms. The van der Waals surface area contributed by atoms with Crippen LogP contribution in [0.2, 0.25) is 0 Å². The van der Waals surface area contributed by atoms with E-state index in [9.17, 15) is 9.59 Å². The minimum absolute atomic E-state index is 0.0520. The van der Waals surface area contributed by atoms with Gasteiger partial charge in [-0.1, -0.05) is 12.0 Å². The zero-order chi connectivity index (χ0) is 11.8. The molecule has 0 unspecified atom stereocenters. The fourth-order valence-electron chi connectivity index (χ4n) is 2.25. The zero-order valence-electron chi connectivity index (χ0n) is 9.67. The molecule has 4 nitrogen and oxygen atoms in total. The van der Waals surface area contributed by atoms with E-state index < -0.39 is 17.7 Å². The maximum absolute atomic E-state index is 11.7. The third-order valence-electron chi connectivity index (χ3n) is 3.08. The molecule has 0 bridgehead atoms. The van der Waals surface area contributed by atoms with Crippen LogP contribution in [0.15, 0.2) is 11.1 Å². The minimum Gasteiger partial charge on any atom is -0.419 e. The summed E-state index contributed by atoms with van der Waals surface area (Å²) in [5.74, 6) is -2.03. The number of carbonyl (C=O) groups is 2. The summed E-state index contributed by atoms with van der Waals surface area (Å²) in [6.07, 6.45) is 4.23. The second-order valence-corrected chi connectivity index (χ2v) is 4.63. The van der Waals surface area contributed by atoms with Gasteiger partial charge in [-0.05, 0) is 26.7 Å². The van der Waals surface area contributed by atoms with Gasteiger partial charge in [-0.3, -0.25) is 0 Å². The third-order valence-corrected chi connectivity index (χ3v) is 3.08. The van der Waals surface area contributed by atoms with Crippen molar-refractivity contribution in [2.24, 2.45) is 0 Å². The first-order valence-corrected chi connectivity index (χ1v) is 5.68. The molecule has 16 heavy (non-hydrogen) atoms. The third kappa shape index (κ3) is 1.84. The molecule has 1 aliphatic carbocycles. The van der Waals surface area contributed by atoms with Crippen molar-refractivity contribution in [1.82, 2.24) is 0 Å². The molecule has 1 saturated carbocycles. The number of ether oxygens (including phenoxy) is 2. The first-order valence-electron chi connectivity index (χ1n) is 5.68. The maximum atomic E-state index is 11.7. The summed E-state index contributed by atoms with van der Waals surface area (Å²) in [4.78, 5) is 23.5. The smallest absolute Gasteiger partial charge is 0.348 e. The molecule has 2 aliphatic rings. The van der Waals surface area contributed by atoms with Crippen molar-refractivity contribution in [3.8, 4) is 0 Å². The van der Waals surface area contributed by atoms with E-state index >= 15 is 0 Å². The van der Waals surface area contributed by atoms with Gasteiger partial charge in [0.1, 0.15) is 5.57 Å². The van der Waals surface area contributed by atoms with Gasteiger partial charge in [0.2, 0.25) is 0 Å². The lowest BCUT2D eigenvalue weighted by molar-refractivity contribution is -0.244. The maximum Gasteiger partial charge on any atom is 0.348 e. The molecular formula is C12H16O4. The van der Waals surface area contributed by atoms with E-state index in [-0.39, 0.29) is 5.57 Å².